The Kier molecular flexibility index (Phi) is 4.89. The minimum atomic E-state index is 0.566. The van der Waals surface area contributed by atoms with Crippen molar-refractivity contribution in [2.75, 3.05) is 7.05 Å². The Morgan fingerprint density at radius 1 is 1.41 bits per heavy atom. The van der Waals surface area contributed by atoms with Crippen LogP contribution in [-0.2, 0) is 6.42 Å². The van der Waals surface area contributed by atoms with Gasteiger partial charge in [-0.2, -0.15) is 0 Å². The molecule has 17 heavy (non-hydrogen) atoms. The van der Waals surface area contributed by atoms with Crippen molar-refractivity contribution in [3.63, 3.8) is 0 Å². The van der Waals surface area contributed by atoms with Crippen molar-refractivity contribution in [1.29, 1.82) is 0 Å². The number of likely N-dealkylation sites (N-methyl/N-ethyl adjacent to an activating group) is 1. The van der Waals surface area contributed by atoms with Gasteiger partial charge in [0, 0.05) is 15.5 Å². The van der Waals surface area contributed by atoms with Gasteiger partial charge in [0.15, 0.2) is 0 Å². The van der Waals surface area contributed by atoms with Gasteiger partial charge in [0.1, 0.15) is 0 Å². The first-order chi connectivity index (χ1) is 8.20. The third-order valence-corrected chi connectivity index (χ3v) is 4.64. The van der Waals surface area contributed by atoms with Gasteiger partial charge >= 0.3 is 0 Å². The summed E-state index contributed by atoms with van der Waals surface area (Å²) in [6.45, 7) is 0. The van der Waals surface area contributed by atoms with Crippen molar-refractivity contribution in [3.8, 4) is 0 Å². The number of hydrogen-bond donors (Lipinski definition) is 1. The van der Waals surface area contributed by atoms with Gasteiger partial charge in [-0.15, -0.1) is 0 Å². The second-order valence-corrected chi connectivity index (χ2v) is 6.20. The zero-order valence-electron chi connectivity index (χ0n) is 10.2. The summed E-state index contributed by atoms with van der Waals surface area (Å²) >= 11 is 9.73. The van der Waals surface area contributed by atoms with Crippen LogP contribution in [0.25, 0.3) is 0 Å². The van der Waals surface area contributed by atoms with Crippen molar-refractivity contribution < 1.29 is 0 Å². The van der Waals surface area contributed by atoms with Crippen LogP contribution in [0, 0.1) is 5.92 Å². The minimum Gasteiger partial charge on any atom is -0.316 e. The summed E-state index contributed by atoms with van der Waals surface area (Å²) in [7, 11) is 2.07. The van der Waals surface area contributed by atoms with Gasteiger partial charge in [-0.1, -0.05) is 46.4 Å². The number of hydrogen-bond acceptors (Lipinski definition) is 1. The highest BCUT2D eigenvalue weighted by Crippen LogP contribution is 2.31. The predicted molar refractivity (Wildman–Crippen MR) is 77.7 cm³/mol. The van der Waals surface area contributed by atoms with E-state index in [-0.39, 0.29) is 0 Å². The Morgan fingerprint density at radius 3 is 2.71 bits per heavy atom. The first kappa shape index (κ1) is 13.4. The van der Waals surface area contributed by atoms with Crippen LogP contribution >= 0.6 is 27.5 Å². The van der Waals surface area contributed by atoms with E-state index in [1.165, 1.54) is 31.2 Å². The lowest BCUT2D eigenvalue weighted by Gasteiger charge is -2.23. The molecule has 0 bridgehead atoms. The van der Waals surface area contributed by atoms with Crippen LogP contribution in [0.3, 0.4) is 0 Å². The zero-order chi connectivity index (χ0) is 12.3. The van der Waals surface area contributed by atoms with E-state index >= 15 is 0 Å². The largest absolute Gasteiger partial charge is 0.316 e. The van der Waals surface area contributed by atoms with Gasteiger partial charge in [0.2, 0.25) is 0 Å². The van der Waals surface area contributed by atoms with Crippen molar-refractivity contribution in [2.45, 2.75) is 38.1 Å². The minimum absolute atomic E-state index is 0.566. The molecule has 1 unspecified atom stereocenters. The molecule has 0 heterocycles. The van der Waals surface area contributed by atoms with Crippen molar-refractivity contribution in [1.82, 2.24) is 5.32 Å². The quantitative estimate of drug-likeness (QED) is 0.867. The van der Waals surface area contributed by atoms with Crippen molar-refractivity contribution in [2.24, 2.45) is 5.92 Å². The van der Waals surface area contributed by atoms with Gasteiger partial charge in [0.25, 0.3) is 0 Å². The van der Waals surface area contributed by atoms with Crippen LogP contribution in [0.15, 0.2) is 22.7 Å². The third-order valence-electron chi connectivity index (χ3n) is 3.79. The van der Waals surface area contributed by atoms with E-state index in [4.69, 9.17) is 11.6 Å². The number of rotatable bonds is 4. The molecule has 1 aliphatic carbocycles. The fourth-order valence-corrected chi connectivity index (χ4v) is 3.54. The fraction of sp³-hybridized carbons (Fsp3) is 0.571. The molecule has 1 aliphatic rings. The first-order valence-corrected chi connectivity index (χ1v) is 7.49. The van der Waals surface area contributed by atoms with Crippen molar-refractivity contribution >= 4 is 27.5 Å². The third kappa shape index (κ3) is 3.46. The number of benzene rings is 1. The fourth-order valence-electron chi connectivity index (χ4n) is 2.79. The summed E-state index contributed by atoms with van der Waals surface area (Å²) in [4.78, 5) is 0. The lowest BCUT2D eigenvalue weighted by atomic mass is 9.92. The Balaban J connectivity index is 2.06. The zero-order valence-corrected chi connectivity index (χ0v) is 12.5. The molecule has 1 aromatic rings. The highest BCUT2D eigenvalue weighted by atomic mass is 79.9. The van der Waals surface area contributed by atoms with Gasteiger partial charge in [-0.3, -0.25) is 0 Å². The Hall–Kier alpha value is -0.0500. The molecule has 1 N–H and O–H groups in total. The van der Waals surface area contributed by atoms with Gasteiger partial charge < -0.3 is 5.32 Å². The second kappa shape index (κ2) is 6.21. The average molecular weight is 317 g/mol. The van der Waals surface area contributed by atoms with Crippen LogP contribution in [0.4, 0.5) is 0 Å². The SMILES string of the molecule is CNC(Cc1ccc(Br)cc1Cl)C1CCCC1. The maximum absolute atomic E-state index is 6.28. The van der Waals surface area contributed by atoms with E-state index in [9.17, 15) is 0 Å². The molecule has 1 atom stereocenters. The van der Waals surface area contributed by atoms with Crippen LogP contribution in [0.5, 0.6) is 0 Å². The second-order valence-electron chi connectivity index (χ2n) is 4.88. The van der Waals surface area contributed by atoms with Crippen LogP contribution in [0.1, 0.15) is 31.2 Å². The molecule has 0 aliphatic heterocycles. The van der Waals surface area contributed by atoms with E-state index < -0.39 is 0 Å². The standard InChI is InChI=1S/C14H19BrClN/c1-17-14(10-4-2-3-5-10)8-11-6-7-12(15)9-13(11)16/h6-7,9-10,14,17H,2-5,8H2,1H3. The summed E-state index contributed by atoms with van der Waals surface area (Å²) < 4.78 is 1.05. The van der Waals surface area contributed by atoms with Crippen LogP contribution in [0.2, 0.25) is 5.02 Å². The molecular formula is C14H19BrClN. The van der Waals surface area contributed by atoms with Gasteiger partial charge in [-0.05, 0) is 49.9 Å². The lowest BCUT2D eigenvalue weighted by Crippen LogP contribution is -2.34. The molecule has 0 saturated heterocycles. The molecule has 0 radical (unpaired) electrons. The van der Waals surface area contributed by atoms with Gasteiger partial charge in [-0.25, -0.2) is 0 Å². The number of nitrogens with one attached hydrogen (secondary N) is 1. The lowest BCUT2D eigenvalue weighted by molar-refractivity contribution is 0.377. The molecule has 2 rings (SSSR count). The van der Waals surface area contributed by atoms with Gasteiger partial charge in [0.05, 0.1) is 0 Å². The molecule has 0 aromatic heterocycles. The molecule has 94 valence electrons. The Morgan fingerprint density at radius 2 is 2.12 bits per heavy atom. The molecule has 0 amide bonds. The summed E-state index contributed by atoms with van der Waals surface area (Å²) in [5.74, 6) is 0.819. The Labute approximate surface area is 117 Å². The normalized spacial score (nSPS) is 18.5. The molecular weight excluding hydrogens is 298 g/mol. The van der Waals surface area contributed by atoms with Crippen LogP contribution in [-0.4, -0.2) is 13.1 Å². The van der Waals surface area contributed by atoms with E-state index in [0.717, 1.165) is 21.8 Å². The summed E-state index contributed by atoms with van der Waals surface area (Å²) in [5, 5.41) is 4.34. The molecule has 3 heteroatoms. The van der Waals surface area contributed by atoms with E-state index in [0.29, 0.717) is 6.04 Å². The number of halogens is 2. The molecule has 1 nitrogen and oxygen atoms in total. The Bertz CT molecular complexity index is 374. The summed E-state index contributed by atoms with van der Waals surface area (Å²) in [5.41, 5.74) is 1.25. The first-order valence-electron chi connectivity index (χ1n) is 6.32. The summed E-state index contributed by atoms with van der Waals surface area (Å²) in [6, 6.07) is 6.75. The molecule has 1 fully saturated rings. The predicted octanol–water partition coefficient (Wildman–Crippen LogP) is 4.42. The van der Waals surface area contributed by atoms with E-state index in [1.54, 1.807) is 0 Å². The topological polar surface area (TPSA) is 12.0 Å². The highest BCUT2D eigenvalue weighted by Gasteiger charge is 2.24. The molecule has 1 saturated carbocycles. The van der Waals surface area contributed by atoms with Crippen LogP contribution < -0.4 is 5.32 Å². The average Bonchev–Trinajstić information content (AvgIpc) is 2.81. The molecule has 1 aromatic carbocycles. The van der Waals surface area contributed by atoms with E-state index in [1.807, 2.05) is 6.07 Å². The maximum Gasteiger partial charge on any atom is 0.0449 e. The van der Waals surface area contributed by atoms with E-state index in [2.05, 4.69) is 40.4 Å². The maximum atomic E-state index is 6.28. The smallest absolute Gasteiger partial charge is 0.0449 e. The summed E-state index contributed by atoms with van der Waals surface area (Å²) in [6.07, 6.45) is 6.53. The molecule has 0 spiro atoms. The van der Waals surface area contributed by atoms with Crippen molar-refractivity contribution in [3.05, 3.63) is 33.3 Å². The highest BCUT2D eigenvalue weighted by molar-refractivity contribution is 9.10. The monoisotopic (exact) mass is 315 g/mol.